The van der Waals surface area contributed by atoms with Crippen LogP contribution in [0.3, 0.4) is 0 Å². The van der Waals surface area contributed by atoms with Gasteiger partial charge in [-0.1, -0.05) is 22.9 Å². The molecule has 0 bridgehead atoms. The highest BCUT2D eigenvalue weighted by molar-refractivity contribution is 9.10. The molecule has 0 radical (unpaired) electrons. The van der Waals surface area contributed by atoms with Gasteiger partial charge in [0.25, 0.3) is 0 Å². The number of ether oxygens (including phenoxy) is 1. The number of nitrogens with zero attached hydrogens (tertiary/aromatic N) is 1. The summed E-state index contributed by atoms with van der Waals surface area (Å²) in [6.45, 7) is 2.53. The zero-order valence-electron chi connectivity index (χ0n) is 13.0. The van der Waals surface area contributed by atoms with Crippen LogP contribution in [0.5, 0.6) is 5.75 Å². The fourth-order valence-electron chi connectivity index (χ4n) is 3.06. The van der Waals surface area contributed by atoms with Gasteiger partial charge in [0.15, 0.2) is 0 Å². The maximum absolute atomic E-state index is 13.2. The summed E-state index contributed by atoms with van der Waals surface area (Å²) < 4.78 is 34.1. The molecule has 1 aromatic carbocycles. The van der Waals surface area contributed by atoms with E-state index in [1.165, 1.54) is 12.0 Å². The fourth-order valence-corrected chi connectivity index (χ4v) is 6.37. The molecule has 23 heavy (non-hydrogen) atoms. The Morgan fingerprint density at radius 1 is 1.39 bits per heavy atom. The Balaban J connectivity index is 2.08. The molecule has 1 aliphatic heterocycles. The first-order chi connectivity index (χ1) is 11.0. The van der Waals surface area contributed by atoms with Gasteiger partial charge in [0.1, 0.15) is 10.6 Å². The van der Waals surface area contributed by atoms with E-state index in [0.29, 0.717) is 12.3 Å². The van der Waals surface area contributed by atoms with Crippen molar-refractivity contribution in [2.45, 2.75) is 30.7 Å². The highest BCUT2D eigenvalue weighted by Gasteiger charge is 2.37. The number of methoxy groups -OCH3 is 1. The zero-order chi connectivity index (χ0) is 16.6. The lowest BCUT2D eigenvalue weighted by atomic mass is 10.0. The molecule has 0 spiro atoms. The second kappa shape index (κ2) is 6.55. The van der Waals surface area contributed by atoms with Crippen LogP contribution in [0.15, 0.2) is 39.0 Å². The second-order valence-electron chi connectivity index (χ2n) is 5.38. The normalized spacial score (nSPS) is 18.7. The van der Waals surface area contributed by atoms with Gasteiger partial charge in [-0.25, -0.2) is 8.42 Å². The summed E-state index contributed by atoms with van der Waals surface area (Å²) in [7, 11) is -2.13. The highest BCUT2D eigenvalue weighted by atomic mass is 79.9. The second-order valence-corrected chi connectivity index (χ2v) is 9.16. The Morgan fingerprint density at radius 3 is 2.87 bits per heavy atom. The van der Waals surface area contributed by atoms with Gasteiger partial charge in [-0.3, -0.25) is 0 Å². The topological polar surface area (TPSA) is 46.6 Å². The average Bonchev–Trinajstić information content (AvgIpc) is 3.02. The average molecular weight is 416 g/mol. The predicted molar refractivity (Wildman–Crippen MR) is 95.6 cm³/mol. The summed E-state index contributed by atoms with van der Waals surface area (Å²) in [4.78, 5) is 1.51. The maximum Gasteiger partial charge on any atom is 0.247 e. The van der Waals surface area contributed by atoms with Gasteiger partial charge in [0, 0.05) is 15.9 Å². The number of fused-ring (bicyclic) bond motifs is 1. The molecular formula is C16H18BrNO3S2. The maximum atomic E-state index is 13.2. The smallest absolute Gasteiger partial charge is 0.247 e. The van der Waals surface area contributed by atoms with Crippen LogP contribution in [-0.4, -0.2) is 26.4 Å². The third kappa shape index (κ3) is 2.95. The molecule has 0 fully saturated rings. The van der Waals surface area contributed by atoms with Gasteiger partial charge < -0.3 is 4.74 Å². The van der Waals surface area contributed by atoms with E-state index < -0.39 is 10.0 Å². The summed E-state index contributed by atoms with van der Waals surface area (Å²) in [6.07, 6.45) is 1.51. The van der Waals surface area contributed by atoms with Crippen molar-refractivity contribution in [3.8, 4) is 5.75 Å². The quantitative estimate of drug-likeness (QED) is 0.750. The van der Waals surface area contributed by atoms with Crippen LogP contribution in [0.2, 0.25) is 0 Å². The Morgan fingerprint density at radius 2 is 2.17 bits per heavy atom. The molecule has 0 unspecified atom stereocenters. The van der Waals surface area contributed by atoms with E-state index in [2.05, 4.69) is 15.9 Å². The Hall–Kier alpha value is -0.890. The summed E-state index contributed by atoms with van der Waals surface area (Å²) in [5, 5.41) is 2.04. The van der Waals surface area contributed by atoms with Crippen molar-refractivity contribution in [2.75, 3.05) is 13.7 Å². The van der Waals surface area contributed by atoms with Crippen molar-refractivity contribution < 1.29 is 13.2 Å². The van der Waals surface area contributed by atoms with Crippen molar-refractivity contribution in [1.29, 1.82) is 0 Å². The van der Waals surface area contributed by atoms with Gasteiger partial charge in [0.2, 0.25) is 10.0 Å². The molecule has 0 saturated carbocycles. The summed E-state index contributed by atoms with van der Waals surface area (Å²) >= 11 is 5.07. The summed E-state index contributed by atoms with van der Waals surface area (Å²) in [6, 6.07) is 7.01. The molecular weight excluding hydrogens is 398 g/mol. The molecule has 2 heterocycles. The Bertz CT molecular complexity index is 816. The molecule has 1 aromatic heterocycles. The van der Waals surface area contributed by atoms with Crippen molar-refractivity contribution in [3.63, 3.8) is 0 Å². The molecule has 2 aromatic rings. The van der Waals surface area contributed by atoms with E-state index >= 15 is 0 Å². The van der Waals surface area contributed by atoms with Crippen molar-refractivity contribution in [2.24, 2.45) is 0 Å². The molecule has 4 nitrogen and oxygen atoms in total. The number of hydrogen-bond donors (Lipinski definition) is 0. The van der Waals surface area contributed by atoms with Crippen LogP contribution in [0.25, 0.3) is 0 Å². The number of benzene rings is 1. The minimum absolute atomic E-state index is 0.112. The molecule has 0 N–H and O–H groups in total. The summed E-state index contributed by atoms with van der Waals surface area (Å²) in [5.41, 5.74) is 1.14. The van der Waals surface area contributed by atoms with Crippen molar-refractivity contribution in [3.05, 3.63) is 44.6 Å². The molecule has 0 amide bonds. The third-order valence-corrected chi connectivity index (χ3v) is 7.56. The first-order valence-corrected chi connectivity index (χ1v) is 10.5. The van der Waals surface area contributed by atoms with E-state index in [1.807, 2.05) is 18.4 Å². The minimum Gasteiger partial charge on any atom is -0.495 e. The van der Waals surface area contributed by atoms with Crippen LogP contribution in [0, 0.1) is 0 Å². The van der Waals surface area contributed by atoms with Crippen LogP contribution in [-0.2, 0) is 16.4 Å². The molecule has 124 valence electrons. The first kappa shape index (κ1) is 17.0. The lowest BCUT2D eigenvalue weighted by Crippen LogP contribution is -2.39. The van der Waals surface area contributed by atoms with E-state index in [0.717, 1.165) is 22.9 Å². The molecule has 0 aliphatic carbocycles. The standard InChI is InChI=1S/C16H18BrNO3S2/c1-3-13-12-7-9-22-15(12)6-8-18(13)23(19,20)16-10-11(17)4-5-14(16)21-2/h4-5,7,9-10,13H,3,6,8H2,1-2H3/t13-/m1/s1. The molecule has 7 heteroatoms. The SMILES string of the molecule is CC[C@@H]1c2ccsc2CCN1S(=O)(=O)c1cc(Br)ccc1OC. The monoisotopic (exact) mass is 415 g/mol. The zero-order valence-corrected chi connectivity index (χ0v) is 16.2. The number of hydrogen-bond acceptors (Lipinski definition) is 4. The largest absolute Gasteiger partial charge is 0.495 e. The predicted octanol–water partition coefficient (Wildman–Crippen LogP) is 4.22. The number of rotatable bonds is 4. The van der Waals surface area contributed by atoms with Crippen LogP contribution in [0.4, 0.5) is 0 Å². The van der Waals surface area contributed by atoms with E-state index in [4.69, 9.17) is 4.74 Å². The van der Waals surface area contributed by atoms with Crippen LogP contribution >= 0.6 is 27.3 Å². The van der Waals surface area contributed by atoms with Gasteiger partial charge >= 0.3 is 0 Å². The lowest BCUT2D eigenvalue weighted by molar-refractivity contribution is 0.301. The number of sulfonamides is 1. The van der Waals surface area contributed by atoms with Crippen molar-refractivity contribution in [1.82, 2.24) is 4.31 Å². The highest BCUT2D eigenvalue weighted by Crippen LogP contribution is 2.40. The fraction of sp³-hybridized carbons (Fsp3) is 0.375. The summed E-state index contributed by atoms with van der Waals surface area (Å²) in [5.74, 6) is 0.374. The first-order valence-electron chi connectivity index (χ1n) is 7.40. The number of thiophene rings is 1. The molecule has 1 aliphatic rings. The van der Waals surface area contributed by atoms with Crippen LogP contribution < -0.4 is 4.74 Å². The van der Waals surface area contributed by atoms with Gasteiger partial charge in [-0.15, -0.1) is 11.3 Å². The van der Waals surface area contributed by atoms with Gasteiger partial charge in [-0.2, -0.15) is 4.31 Å². The van der Waals surface area contributed by atoms with Gasteiger partial charge in [0.05, 0.1) is 13.2 Å². The molecule has 0 saturated heterocycles. The molecule has 1 atom stereocenters. The van der Waals surface area contributed by atoms with E-state index in [9.17, 15) is 8.42 Å². The lowest BCUT2D eigenvalue weighted by Gasteiger charge is -2.34. The van der Waals surface area contributed by atoms with E-state index in [1.54, 1.807) is 33.8 Å². The molecule has 3 rings (SSSR count). The third-order valence-electron chi connectivity index (χ3n) is 4.14. The Labute approximate surface area is 149 Å². The van der Waals surface area contributed by atoms with Gasteiger partial charge in [-0.05, 0) is 48.1 Å². The Kier molecular flexibility index (Phi) is 4.83. The van der Waals surface area contributed by atoms with Crippen LogP contribution in [0.1, 0.15) is 29.8 Å². The number of halogens is 1. The van der Waals surface area contributed by atoms with Crippen molar-refractivity contribution >= 4 is 37.3 Å². The van der Waals surface area contributed by atoms with E-state index in [-0.39, 0.29) is 10.9 Å². The minimum atomic E-state index is -3.63.